The number of aromatic nitrogens is 1. The fraction of sp³-hybridized carbons (Fsp3) is 0.217. The van der Waals surface area contributed by atoms with Crippen molar-refractivity contribution in [1.29, 1.82) is 0 Å². The van der Waals surface area contributed by atoms with Crippen LogP contribution in [0.4, 0.5) is 51.2 Å². The van der Waals surface area contributed by atoms with E-state index >= 15 is 0 Å². The molecule has 12 rings (SSSR count). The second-order valence-corrected chi connectivity index (χ2v) is 22.8. The molecule has 0 amide bonds. The average molecular weight is 951 g/mol. The molecule has 10 aromatic rings. The third-order valence-corrected chi connectivity index (χ3v) is 16.0. The van der Waals surface area contributed by atoms with Gasteiger partial charge in [-0.1, -0.05) is 99.0 Å². The molecule has 0 bridgehead atoms. The van der Waals surface area contributed by atoms with Crippen LogP contribution in [0.25, 0.3) is 27.5 Å². The summed E-state index contributed by atoms with van der Waals surface area (Å²) in [6, 6.07) is 63.2. The molecule has 362 valence electrons. The van der Waals surface area contributed by atoms with E-state index in [0.717, 1.165) is 51.2 Å². The number of anilines is 9. The lowest BCUT2D eigenvalue weighted by atomic mass is 9.68. The predicted octanol–water partition coefficient (Wildman–Crippen LogP) is 19.2. The van der Waals surface area contributed by atoms with Crippen LogP contribution in [0.5, 0.6) is 0 Å². The maximum atomic E-state index is 2.68. The minimum atomic E-state index is -0.412. The Labute approximate surface area is 432 Å². The van der Waals surface area contributed by atoms with Crippen LogP contribution in [0.1, 0.15) is 100 Å². The van der Waals surface area contributed by atoms with Crippen LogP contribution >= 0.6 is 0 Å². The first-order chi connectivity index (χ1) is 34.8. The molecule has 73 heavy (non-hydrogen) atoms. The second kappa shape index (κ2) is 16.6. The maximum absolute atomic E-state index is 2.68. The average Bonchev–Trinajstić information content (AvgIpc) is 3.65. The minimum Gasteiger partial charge on any atom is -0.310 e. The largest absolute Gasteiger partial charge is 0.310 e. The zero-order valence-corrected chi connectivity index (χ0v) is 44.9. The SMILES string of the molecule is Cc1ccc(N(c2cc(C)cc(C)c2)c2cc3c4c(c2)C(C)(C)c2cc(N(c5ccc(C)cc5)c5cc(C)cc(C)c5)cc5c6cc(N(c7ccc(C)cc7)c7cc(C)cc(C)c7)cc(c6n-4c25)C3(C)C)cc1. The molecule has 9 aromatic carbocycles. The molecule has 0 saturated carbocycles. The highest BCUT2D eigenvalue weighted by atomic mass is 15.2. The van der Waals surface area contributed by atoms with Gasteiger partial charge in [0.25, 0.3) is 0 Å². The maximum Gasteiger partial charge on any atom is 0.0583 e. The summed E-state index contributed by atoms with van der Waals surface area (Å²) in [5, 5.41) is 2.53. The van der Waals surface area contributed by atoms with Crippen molar-refractivity contribution in [2.45, 2.75) is 101 Å². The molecule has 0 spiro atoms. The van der Waals surface area contributed by atoms with Gasteiger partial charge in [0.1, 0.15) is 0 Å². The number of benzene rings is 9. The first kappa shape index (κ1) is 46.3. The van der Waals surface area contributed by atoms with Gasteiger partial charge in [-0.2, -0.15) is 0 Å². The number of hydrogen-bond acceptors (Lipinski definition) is 3. The summed E-state index contributed by atoms with van der Waals surface area (Å²) in [4.78, 5) is 7.49. The van der Waals surface area contributed by atoms with E-state index in [4.69, 9.17) is 0 Å². The van der Waals surface area contributed by atoms with Gasteiger partial charge in [0.05, 0.1) is 16.7 Å². The van der Waals surface area contributed by atoms with Crippen molar-refractivity contribution < 1.29 is 0 Å². The van der Waals surface area contributed by atoms with Crippen LogP contribution in [0.2, 0.25) is 0 Å². The van der Waals surface area contributed by atoms with Gasteiger partial charge in [0, 0.05) is 72.8 Å². The summed E-state index contributed by atoms with van der Waals surface area (Å²) >= 11 is 0. The zero-order chi connectivity index (χ0) is 51.0. The molecule has 0 radical (unpaired) electrons. The summed E-state index contributed by atoms with van der Waals surface area (Å²) < 4.78 is 2.68. The van der Waals surface area contributed by atoms with Gasteiger partial charge in [-0.15, -0.1) is 0 Å². The first-order valence-electron chi connectivity index (χ1n) is 26.1. The molecule has 0 aliphatic carbocycles. The number of aryl methyl sites for hydroxylation is 9. The van der Waals surface area contributed by atoms with Crippen LogP contribution in [-0.4, -0.2) is 4.57 Å². The van der Waals surface area contributed by atoms with E-state index in [2.05, 4.69) is 273 Å². The Hall–Kier alpha value is -7.82. The Morgan fingerprint density at radius 2 is 0.507 bits per heavy atom. The zero-order valence-electron chi connectivity index (χ0n) is 44.9. The summed E-state index contributed by atoms with van der Waals surface area (Å²) in [7, 11) is 0. The van der Waals surface area contributed by atoms with Crippen LogP contribution in [0, 0.1) is 62.3 Å². The normalized spacial score (nSPS) is 13.8. The van der Waals surface area contributed by atoms with E-state index in [-0.39, 0.29) is 0 Å². The molecule has 0 unspecified atom stereocenters. The Kier molecular flexibility index (Phi) is 10.5. The molecule has 0 fully saturated rings. The highest BCUT2D eigenvalue weighted by Crippen LogP contribution is 2.59. The number of rotatable bonds is 9. The minimum absolute atomic E-state index is 0.412. The molecular formula is C69H66N4. The Morgan fingerprint density at radius 1 is 0.260 bits per heavy atom. The molecule has 2 aliphatic rings. The quantitative estimate of drug-likeness (QED) is 0.143. The van der Waals surface area contributed by atoms with E-state index in [9.17, 15) is 0 Å². The van der Waals surface area contributed by atoms with E-state index < -0.39 is 10.8 Å². The van der Waals surface area contributed by atoms with Gasteiger partial charge in [-0.3, -0.25) is 0 Å². The fourth-order valence-corrected chi connectivity index (χ4v) is 12.6. The van der Waals surface area contributed by atoms with Crippen molar-refractivity contribution in [1.82, 2.24) is 4.57 Å². The topological polar surface area (TPSA) is 14.7 Å². The van der Waals surface area contributed by atoms with E-state index in [1.165, 1.54) is 99.8 Å². The Balaban J connectivity index is 1.23. The first-order valence-corrected chi connectivity index (χ1v) is 26.1. The number of hydrogen-bond donors (Lipinski definition) is 0. The molecule has 4 nitrogen and oxygen atoms in total. The lowest BCUT2D eigenvalue weighted by molar-refractivity contribution is 0.594. The van der Waals surface area contributed by atoms with Gasteiger partial charge in [-0.25, -0.2) is 0 Å². The third-order valence-electron chi connectivity index (χ3n) is 16.0. The van der Waals surface area contributed by atoms with Gasteiger partial charge in [0.15, 0.2) is 0 Å². The lowest BCUT2D eigenvalue weighted by Crippen LogP contribution is -2.34. The molecule has 0 N–H and O–H groups in total. The van der Waals surface area contributed by atoms with Crippen molar-refractivity contribution in [2.75, 3.05) is 14.7 Å². The van der Waals surface area contributed by atoms with Crippen LogP contribution < -0.4 is 14.7 Å². The number of nitrogens with zero attached hydrogens (tertiary/aromatic N) is 4. The molecule has 0 atom stereocenters. The summed E-state index contributed by atoms with van der Waals surface area (Å²) in [5.41, 5.74) is 29.9. The summed E-state index contributed by atoms with van der Waals surface area (Å²) in [6.45, 7) is 29.7. The van der Waals surface area contributed by atoms with Crippen LogP contribution in [0.15, 0.2) is 164 Å². The van der Waals surface area contributed by atoms with Gasteiger partial charge in [-0.05, 0) is 227 Å². The Morgan fingerprint density at radius 3 is 0.795 bits per heavy atom. The number of fused-ring (bicyclic) bond motifs is 1. The molecule has 3 heterocycles. The van der Waals surface area contributed by atoms with Crippen LogP contribution in [0.3, 0.4) is 0 Å². The van der Waals surface area contributed by atoms with Gasteiger partial charge >= 0.3 is 0 Å². The predicted molar refractivity (Wildman–Crippen MR) is 312 cm³/mol. The molecular weight excluding hydrogens is 885 g/mol. The standard InChI is InChI=1S/C69H66N4/c1-41-14-20-50(21-15-41)70(53-29-44(4)26-45(5)30-53)56-35-59-60-36-57(71(51-22-16-42(2)17-23-51)54-31-46(6)27-47(7)32-54)38-62-66(60)73-65(59)61(37-56)68(10,11)63-39-58(40-64(67(63)73)69(62,12)13)72(52-24-18-43(3)19-25-52)55-33-48(8)28-49(9)34-55/h14-40H,1-13H3. The second-order valence-electron chi connectivity index (χ2n) is 22.8. The third kappa shape index (κ3) is 7.48. The van der Waals surface area contributed by atoms with Gasteiger partial charge in [0.2, 0.25) is 0 Å². The van der Waals surface area contributed by atoms with E-state index in [1.807, 2.05) is 0 Å². The molecule has 0 saturated heterocycles. The van der Waals surface area contributed by atoms with Crippen LogP contribution in [-0.2, 0) is 10.8 Å². The highest BCUT2D eigenvalue weighted by Gasteiger charge is 2.45. The molecule has 4 heteroatoms. The summed E-state index contributed by atoms with van der Waals surface area (Å²) in [6.07, 6.45) is 0. The highest BCUT2D eigenvalue weighted by molar-refractivity contribution is 6.16. The fourth-order valence-electron chi connectivity index (χ4n) is 12.6. The van der Waals surface area contributed by atoms with Crippen molar-refractivity contribution in [3.05, 3.63) is 236 Å². The summed E-state index contributed by atoms with van der Waals surface area (Å²) in [5.74, 6) is 0. The van der Waals surface area contributed by atoms with Crippen molar-refractivity contribution in [3.63, 3.8) is 0 Å². The monoisotopic (exact) mass is 951 g/mol. The van der Waals surface area contributed by atoms with Gasteiger partial charge < -0.3 is 19.3 Å². The Bertz CT molecular complexity index is 3620. The van der Waals surface area contributed by atoms with Crippen molar-refractivity contribution >= 4 is 73.0 Å². The van der Waals surface area contributed by atoms with E-state index in [1.54, 1.807) is 0 Å². The van der Waals surface area contributed by atoms with Crippen molar-refractivity contribution in [3.8, 4) is 5.69 Å². The smallest absolute Gasteiger partial charge is 0.0583 e. The van der Waals surface area contributed by atoms with Crippen molar-refractivity contribution in [2.24, 2.45) is 0 Å². The molecule has 2 aliphatic heterocycles. The van der Waals surface area contributed by atoms with E-state index in [0.29, 0.717) is 0 Å². The molecule has 1 aromatic heterocycles. The lowest BCUT2D eigenvalue weighted by Gasteiger charge is -2.44.